The average Bonchev–Trinajstić information content (AvgIpc) is 3.23. The maximum atomic E-state index is 15.0. The van der Waals surface area contributed by atoms with E-state index in [2.05, 4.69) is 10.6 Å². The number of fused-ring (bicyclic) bond motifs is 1. The SMILES string of the molecule is Cc1nc(C(C)(C)NC2(C(N)=O)CCNCC2)c2nc(-c3ccccc3F)n(-c3ccc(Cl)cc3)c2n1. The summed E-state index contributed by atoms with van der Waals surface area (Å²) < 4.78 is 16.9. The summed E-state index contributed by atoms with van der Waals surface area (Å²) in [5.74, 6) is 0.103. The smallest absolute Gasteiger partial charge is 0.237 e. The van der Waals surface area contributed by atoms with Gasteiger partial charge in [-0.1, -0.05) is 23.7 Å². The van der Waals surface area contributed by atoms with Gasteiger partial charge in [0.1, 0.15) is 28.5 Å². The van der Waals surface area contributed by atoms with Crippen LogP contribution in [-0.2, 0) is 10.3 Å². The van der Waals surface area contributed by atoms with Crippen molar-refractivity contribution < 1.29 is 9.18 Å². The van der Waals surface area contributed by atoms with E-state index in [1.54, 1.807) is 37.3 Å². The first kappa shape index (κ1) is 25.3. The average molecular weight is 522 g/mol. The van der Waals surface area contributed by atoms with Crippen LogP contribution in [0.4, 0.5) is 4.39 Å². The molecule has 4 N–H and O–H groups in total. The highest BCUT2D eigenvalue weighted by Crippen LogP contribution is 2.35. The van der Waals surface area contributed by atoms with Crippen LogP contribution in [0.2, 0.25) is 5.02 Å². The van der Waals surface area contributed by atoms with E-state index in [0.717, 1.165) is 5.69 Å². The molecule has 5 rings (SSSR count). The fraction of sp³-hybridized carbons (Fsp3) is 0.333. The highest BCUT2D eigenvalue weighted by molar-refractivity contribution is 6.30. The Morgan fingerprint density at radius 3 is 2.43 bits per heavy atom. The molecule has 1 amide bonds. The zero-order valence-corrected chi connectivity index (χ0v) is 21.7. The van der Waals surface area contributed by atoms with Crippen molar-refractivity contribution in [3.8, 4) is 17.1 Å². The summed E-state index contributed by atoms with van der Waals surface area (Å²) >= 11 is 6.15. The van der Waals surface area contributed by atoms with E-state index >= 15 is 4.39 Å². The predicted molar refractivity (Wildman–Crippen MR) is 142 cm³/mol. The van der Waals surface area contributed by atoms with Gasteiger partial charge in [0.05, 0.1) is 16.8 Å². The molecular formula is C27H29ClFN7O. The number of aromatic nitrogens is 4. The summed E-state index contributed by atoms with van der Waals surface area (Å²) in [5, 5.41) is 7.39. The Kier molecular flexibility index (Phi) is 6.47. The van der Waals surface area contributed by atoms with Crippen molar-refractivity contribution in [2.75, 3.05) is 13.1 Å². The van der Waals surface area contributed by atoms with Gasteiger partial charge in [0.2, 0.25) is 5.91 Å². The number of amides is 1. The number of primary amides is 1. The van der Waals surface area contributed by atoms with Gasteiger partial charge in [-0.05, 0) is 83.1 Å². The second kappa shape index (κ2) is 9.48. The lowest BCUT2D eigenvalue weighted by Crippen LogP contribution is -2.64. The lowest BCUT2D eigenvalue weighted by molar-refractivity contribution is -0.126. The molecule has 4 aromatic rings. The molecule has 2 aromatic carbocycles. The van der Waals surface area contributed by atoms with Gasteiger partial charge in [-0.15, -0.1) is 0 Å². The Morgan fingerprint density at radius 2 is 1.78 bits per heavy atom. The minimum Gasteiger partial charge on any atom is -0.368 e. The number of rotatable bonds is 6. The van der Waals surface area contributed by atoms with Crippen LogP contribution >= 0.6 is 11.6 Å². The van der Waals surface area contributed by atoms with Gasteiger partial charge >= 0.3 is 0 Å². The number of halogens is 2. The molecule has 192 valence electrons. The number of carbonyl (C=O) groups is 1. The minimum atomic E-state index is -0.896. The van der Waals surface area contributed by atoms with Crippen molar-refractivity contribution >= 4 is 28.7 Å². The molecule has 0 aliphatic carbocycles. The molecule has 2 aromatic heterocycles. The normalized spacial score (nSPS) is 15.7. The molecule has 1 saturated heterocycles. The Labute approximate surface area is 219 Å². The lowest BCUT2D eigenvalue weighted by atomic mass is 9.83. The number of benzene rings is 2. The molecule has 8 nitrogen and oxygen atoms in total. The molecule has 0 spiro atoms. The fourth-order valence-corrected chi connectivity index (χ4v) is 5.23. The molecule has 3 heterocycles. The lowest BCUT2D eigenvalue weighted by Gasteiger charge is -2.42. The third-order valence-electron chi connectivity index (χ3n) is 6.89. The molecule has 0 radical (unpaired) electrons. The van der Waals surface area contributed by atoms with Crippen LogP contribution in [0.5, 0.6) is 0 Å². The second-order valence-corrected chi connectivity index (χ2v) is 10.4. The van der Waals surface area contributed by atoms with Crippen LogP contribution in [0, 0.1) is 12.7 Å². The molecule has 1 fully saturated rings. The van der Waals surface area contributed by atoms with Crippen LogP contribution in [0.3, 0.4) is 0 Å². The van der Waals surface area contributed by atoms with Crippen molar-refractivity contribution in [2.45, 2.75) is 44.7 Å². The molecule has 1 aliphatic rings. The molecule has 1 aliphatic heterocycles. The number of nitrogens with two attached hydrogens (primary N) is 1. The Hall–Kier alpha value is -3.40. The van der Waals surface area contributed by atoms with Crippen molar-refractivity contribution in [3.05, 3.63) is 70.9 Å². The fourth-order valence-electron chi connectivity index (χ4n) is 5.10. The third-order valence-corrected chi connectivity index (χ3v) is 7.14. The van der Waals surface area contributed by atoms with Gasteiger partial charge in [-0.25, -0.2) is 19.3 Å². The minimum absolute atomic E-state index is 0.330. The number of hydrogen-bond acceptors (Lipinski definition) is 6. The predicted octanol–water partition coefficient (Wildman–Crippen LogP) is 4.02. The Bertz CT molecular complexity index is 1480. The van der Waals surface area contributed by atoms with Crippen LogP contribution in [0.25, 0.3) is 28.2 Å². The maximum Gasteiger partial charge on any atom is 0.237 e. The van der Waals surface area contributed by atoms with E-state index in [1.807, 2.05) is 30.5 Å². The van der Waals surface area contributed by atoms with Crippen molar-refractivity contribution in [2.24, 2.45) is 5.73 Å². The number of nitrogens with zero attached hydrogens (tertiary/aromatic N) is 4. The number of carbonyl (C=O) groups excluding carboxylic acids is 1. The highest BCUT2D eigenvalue weighted by Gasteiger charge is 2.43. The van der Waals surface area contributed by atoms with Gasteiger partial charge < -0.3 is 11.1 Å². The standard InChI is InChI=1S/C27H29ClFN7O/c1-16-32-22(26(2,3)35-27(25(30)37)12-14-31-15-13-27)21-24(33-16)36(18-10-8-17(28)9-11-18)23(34-21)19-6-4-5-7-20(19)29/h4-11,31,35H,12-15H2,1-3H3,(H2,30,37). The van der Waals surface area contributed by atoms with E-state index in [-0.39, 0.29) is 0 Å². The molecule has 10 heteroatoms. The summed E-state index contributed by atoms with van der Waals surface area (Å²) in [6, 6.07) is 13.7. The number of piperidine rings is 1. The number of imidazole rings is 1. The van der Waals surface area contributed by atoms with Crippen LogP contribution in [0.1, 0.15) is 38.2 Å². The first-order chi connectivity index (χ1) is 17.6. The Morgan fingerprint density at radius 1 is 1.11 bits per heavy atom. The van der Waals surface area contributed by atoms with Gasteiger partial charge in [0, 0.05) is 10.7 Å². The molecule has 0 atom stereocenters. The summed E-state index contributed by atoms with van der Waals surface area (Å²) in [6.07, 6.45) is 1.11. The zero-order chi connectivity index (χ0) is 26.4. The Balaban J connectivity index is 1.75. The zero-order valence-electron chi connectivity index (χ0n) is 21.0. The van der Waals surface area contributed by atoms with Crippen molar-refractivity contribution in [3.63, 3.8) is 0 Å². The summed E-state index contributed by atoms with van der Waals surface area (Å²) in [7, 11) is 0. The van der Waals surface area contributed by atoms with Crippen molar-refractivity contribution in [1.82, 2.24) is 30.2 Å². The topological polar surface area (TPSA) is 111 Å². The number of aryl methyl sites for hydroxylation is 1. The summed E-state index contributed by atoms with van der Waals surface area (Å²) in [5.41, 5.74) is 6.88. The second-order valence-electron chi connectivity index (χ2n) is 9.97. The van der Waals surface area contributed by atoms with E-state index < -0.39 is 22.8 Å². The van der Waals surface area contributed by atoms with Gasteiger partial charge in [-0.3, -0.25) is 14.7 Å². The molecular weight excluding hydrogens is 493 g/mol. The van der Waals surface area contributed by atoms with Crippen LogP contribution in [-0.4, -0.2) is 44.1 Å². The van der Waals surface area contributed by atoms with E-state index in [4.69, 9.17) is 32.3 Å². The maximum absolute atomic E-state index is 15.0. The van der Waals surface area contributed by atoms with E-state index in [9.17, 15) is 4.79 Å². The largest absolute Gasteiger partial charge is 0.368 e. The van der Waals surface area contributed by atoms with Crippen LogP contribution < -0.4 is 16.4 Å². The summed E-state index contributed by atoms with van der Waals surface area (Å²) in [6.45, 7) is 7.05. The highest BCUT2D eigenvalue weighted by atomic mass is 35.5. The number of hydrogen-bond donors (Lipinski definition) is 3. The van der Waals surface area contributed by atoms with Gasteiger partial charge in [0.15, 0.2) is 5.65 Å². The molecule has 0 saturated carbocycles. The number of nitrogens with one attached hydrogen (secondary N) is 2. The van der Waals surface area contributed by atoms with E-state index in [0.29, 0.717) is 65.0 Å². The summed E-state index contributed by atoms with van der Waals surface area (Å²) in [4.78, 5) is 27.0. The van der Waals surface area contributed by atoms with Crippen LogP contribution in [0.15, 0.2) is 48.5 Å². The monoisotopic (exact) mass is 521 g/mol. The third kappa shape index (κ3) is 4.58. The molecule has 37 heavy (non-hydrogen) atoms. The molecule has 0 unspecified atom stereocenters. The van der Waals surface area contributed by atoms with Crippen molar-refractivity contribution in [1.29, 1.82) is 0 Å². The molecule has 0 bridgehead atoms. The van der Waals surface area contributed by atoms with Gasteiger partial charge in [0.25, 0.3) is 0 Å². The van der Waals surface area contributed by atoms with E-state index in [1.165, 1.54) is 6.07 Å². The first-order valence-corrected chi connectivity index (χ1v) is 12.6. The van der Waals surface area contributed by atoms with Gasteiger partial charge in [-0.2, -0.15) is 0 Å². The quantitative estimate of drug-likeness (QED) is 0.353. The first-order valence-electron chi connectivity index (χ1n) is 12.2.